The zero-order valence-electron chi connectivity index (χ0n) is 38.5. The van der Waals surface area contributed by atoms with Gasteiger partial charge < -0.3 is 63.4 Å². The third-order valence-corrected chi connectivity index (χ3v) is 12.9. The second-order valence-corrected chi connectivity index (χ2v) is 18.6. The summed E-state index contributed by atoms with van der Waals surface area (Å²) in [4.78, 5) is 42.9. The standard InChI is InChI=1S/C45H74N2O14/c1-14-33-45(10,53)37(48)29(6)46-23-25(2)21-43(8,52)39(27(4)35(28(5)40(50)58-33)59-34-22-44(9,54-13)38(49)30(7)57-34)61-41-36(32(47(11)12)20-26(3)56-41)60-42(51)55-24-31-18-16-15-17-19-31/h15-19,25-30,32-37,39,41,46,48,52-53H,14,20-24H2,1-13H3/t25-,26-,27+,28-,29-,30+,32+,33?,34+,35+,36-,37-,39-,41+,43-,44-,45-/m1/s1. The van der Waals surface area contributed by atoms with E-state index < -0.39 is 102 Å². The van der Waals surface area contributed by atoms with Gasteiger partial charge in [-0.15, -0.1) is 0 Å². The number of hydrogen-bond acceptors (Lipinski definition) is 16. The number of aliphatic hydroxyl groups excluding tert-OH is 1. The number of carbonyl (C=O) groups is 3. The third-order valence-electron chi connectivity index (χ3n) is 12.9. The van der Waals surface area contributed by atoms with E-state index in [1.165, 1.54) is 14.0 Å². The van der Waals surface area contributed by atoms with Crippen LogP contribution in [0.1, 0.15) is 100 Å². The summed E-state index contributed by atoms with van der Waals surface area (Å²) in [7, 11) is 5.16. The van der Waals surface area contributed by atoms with Gasteiger partial charge in [0.05, 0.1) is 35.9 Å². The van der Waals surface area contributed by atoms with Crippen molar-refractivity contribution in [2.45, 2.75) is 186 Å². The van der Waals surface area contributed by atoms with E-state index in [0.717, 1.165) is 5.56 Å². The molecular formula is C45H74N2O14. The Morgan fingerprint density at radius 1 is 0.951 bits per heavy atom. The zero-order valence-corrected chi connectivity index (χ0v) is 38.5. The molecule has 61 heavy (non-hydrogen) atoms. The van der Waals surface area contributed by atoms with Gasteiger partial charge in [-0.1, -0.05) is 51.1 Å². The topological polar surface area (TPSA) is 201 Å². The fourth-order valence-electron chi connectivity index (χ4n) is 9.19. The highest BCUT2D eigenvalue weighted by atomic mass is 16.8. The molecule has 3 fully saturated rings. The molecule has 17 atom stereocenters. The predicted octanol–water partition coefficient (Wildman–Crippen LogP) is 4.13. The summed E-state index contributed by atoms with van der Waals surface area (Å²) in [5.41, 5.74) is -4.00. The van der Waals surface area contributed by atoms with Crippen LogP contribution in [0, 0.1) is 17.8 Å². The first-order valence-electron chi connectivity index (χ1n) is 21.8. The average molecular weight is 867 g/mol. The maximum absolute atomic E-state index is 14.4. The number of benzene rings is 1. The maximum Gasteiger partial charge on any atom is 0.509 e. The maximum atomic E-state index is 14.4. The molecule has 4 rings (SSSR count). The normalized spacial score (nSPS) is 42.2. The fraction of sp³-hybridized carbons (Fsp3) is 0.800. The van der Waals surface area contributed by atoms with Crippen molar-refractivity contribution in [3.05, 3.63) is 35.9 Å². The SMILES string of the molecule is CCC1OC(=O)[C@H](C)[C@@H](O[C@H]2C[C@@](C)(OC)C(=O)[C@H](C)O2)[C@H](C)[C@@H](O[C@@H]2O[C@H](C)C[C@H](N(C)C)[C@H]2OC(=O)OCc2ccccc2)[C@](C)(O)C[C@@H](C)CN[C@H](C)[C@@H](O)[C@]1(C)O. The van der Waals surface area contributed by atoms with E-state index in [1.54, 1.807) is 48.5 Å². The van der Waals surface area contributed by atoms with Crippen molar-refractivity contribution < 1.29 is 67.6 Å². The quantitative estimate of drug-likeness (QED) is 0.245. The number of cyclic esters (lactones) is 1. The number of ether oxygens (including phenoxy) is 8. The van der Waals surface area contributed by atoms with E-state index in [4.69, 9.17) is 37.9 Å². The lowest BCUT2D eigenvalue weighted by Crippen LogP contribution is -2.61. The van der Waals surface area contributed by atoms with Gasteiger partial charge in [-0.05, 0) is 99.9 Å². The Labute approximate surface area is 362 Å². The number of ketones is 1. The average Bonchev–Trinajstić information content (AvgIpc) is 3.20. The minimum atomic E-state index is -1.85. The molecule has 16 heteroatoms. The lowest BCUT2D eigenvalue weighted by atomic mass is 9.77. The summed E-state index contributed by atoms with van der Waals surface area (Å²) in [5.74, 6) is -3.19. The lowest BCUT2D eigenvalue weighted by molar-refractivity contribution is -0.308. The molecule has 0 bridgehead atoms. The van der Waals surface area contributed by atoms with E-state index in [0.29, 0.717) is 13.0 Å². The van der Waals surface area contributed by atoms with E-state index in [-0.39, 0.29) is 43.7 Å². The number of methoxy groups -OCH3 is 1. The van der Waals surface area contributed by atoms with Crippen molar-refractivity contribution in [1.82, 2.24) is 10.2 Å². The Hall–Kier alpha value is -2.77. The predicted molar refractivity (Wildman–Crippen MR) is 224 cm³/mol. The van der Waals surface area contributed by atoms with Gasteiger partial charge in [-0.25, -0.2) is 4.79 Å². The van der Waals surface area contributed by atoms with E-state index in [9.17, 15) is 29.7 Å². The highest BCUT2D eigenvalue weighted by Crippen LogP contribution is 2.40. The van der Waals surface area contributed by atoms with Crippen LogP contribution in [0.2, 0.25) is 0 Å². The first-order chi connectivity index (χ1) is 28.4. The molecule has 3 heterocycles. The van der Waals surface area contributed by atoms with Crippen LogP contribution in [0.15, 0.2) is 30.3 Å². The van der Waals surface area contributed by atoms with Gasteiger partial charge in [-0.2, -0.15) is 0 Å². The van der Waals surface area contributed by atoms with Crippen molar-refractivity contribution >= 4 is 17.9 Å². The van der Waals surface area contributed by atoms with Crippen LogP contribution in [0.5, 0.6) is 0 Å². The lowest BCUT2D eigenvalue weighted by Gasteiger charge is -2.48. The Morgan fingerprint density at radius 3 is 2.21 bits per heavy atom. The highest BCUT2D eigenvalue weighted by Gasteiger charge is 2.53. The monoisotopic (exact) mass is 867 g/mol. The molecule has 1 aromatic rings. The molecule has 0 saturated carbocycles. The molecule has 3 aliphatic heterocycles. The van der Waals surface area contributed by atoms with E-state index in [1.807, 2.05) is 63.2 Å². The van der Waals surface area contributed by atoms with Crippen LogP contribution in [0.25, 0.3) is 0 Å². The highest BCUT2D eigenvalue weighted by molar-refractivity contribution is 5.91. The van der Waals surface area contributed by atoms with Crippen molar-refractivity contribution in [2.75, 3.05) is 27.7 Å². The minimum Gasteiger partial charge on any atom is -0.459 e. The van der Waals surface area contributed by atoms with Crippen LogP contribution in [-0.4, -0.2) is 150 Å². The van der Waals surface area contributed by atoms with Crippen LogP contribution in [0.3, 0.4) is 0 Å². The molecular weight excluding hydrogens is 792 g/mol. The summed E-state index contributed by atoms with van der Waals surface area (Å²) >= 11 is 0. The molecule has 4 N–H and O–H groups in total. The molecule has 0 spiro atoms. The van der Waals surface area contributed by atoms with Gasteiger partial charge in [0, 0.05) is 25.5 Å². The van der Waals surface area contributed by atoms with Gasteiger partial charge in [0.25, 0.3) is 0 Å². The van der Waals surface area contributed by atoms with Crippen LogP contribution in [-0.2, 0) is 54.1 Å². The first-order valence-corrected chi connectivity index (χ1v) is 21.8. The van der Waals surface area contributed by atoms with E-state index in [2.05, 4.69) is 5.32 Å². The summed E-state index contributed by atoms with van der Waals surface area (Å²) < 4.78 is 49.5. The van der Waals surface area contributed by atoms with Crippen molar-refractivity contribution in [2.24, 2.45) is 17.8 Å². The Morgan fingerprint density at radius 2 is 1.61 bits per heavy atom. The molecule has 1 aromatic carbocycles. The molecule has 1 unspecified atom stereocenters. The van der Waals surface area contributed by atoms with Crippen molar-refractivity contribution in [1.29, 1.82) is 0 Å². The molecule has 3 saturated heterocycles. The Kier molecular flexibility index (Phi) is 17.7. The van der Waals surface area contributed by atoms with Gasteiger partial charge in [-0.3, -0.25) is 9.59 Å². The number of Topliss-reactive ketones (excluding diaryl/α,β-unsaturated/α-hetero) is 1. The summed E-state index contributed by atoms with van der Waals surface area (Å²) in [6, 6.07) is 8.18. The molecule has 16 nitrogen and oxygen atoms in total. The number of likely N-dealkylation sites (N-methyl/N-ethyl adjacent to an activating group) is 1. The van der Waals surface area contributed by atoms with Gasteiger partial charge in [0.2, 0.25) is 0 Å². The van der Waals surface area contributed by atoms with Gasteiger partial charge in [0.1, 0.15) is 36.1 Å². The van der Waals surface area contributed by atoms with Crippen LogP contribution in [0.4, 0.5) is 4.79 Å². The fourth-order valence-corrected chi connectivity index (χ4v) is 9.19. The Bertz CT molecular complexity index is 1580. The second kappa shape index (κ2) is 21.3. The van der Waals surface area contributed by atoms with Crippen molar-refractivity contribution in [3.8, 4) is 0 Å². The smallest absolute Gasteiger partial charge is 0.459 e. The van der Waals surface area contributed by atoms with E-state index >= 15 is 0 Å². The number of rotatable bonds is 10. The summed E-state index contributed by atoms with van der Waals surface area (Å²) in [5, 5.41) is 39.1. The molecule has 0 aliphatic carbocycles. The number of nitrogens with one attached hydrogen (secondary N) is 1. The van der Waals surface area contributed by atoms with Crippen LogP contribution >= 0.6 is 0 Å². The largest absolute Gasteiger partial charge is 0.509 e. The zero-order chi connectivity index (χ0) is 45.6. The Balaban J connectivity index is 1.81. The molecule has 0 radical (unpaired) electrons. The number of esters is 1. The molecule has 348 valence electrons. The number of nitrogens with zero attached hydrogens (tertiary/aromatic N) is 1. The number of carbonyl (C=O) groups excluding carboxylic acids is 3. The van der Waals surface area contributed by atoms with Gasteiger partial charge in [0.15, 0.2) is 24.5 Å². The second-order valence-electron chi connectivity index (χ2n) is 18.6. The number of aliphatic hydroxyl groups is 3. The third kappa shape index (κ3) is 12.5. The number of hydrogen-bond donors (Lipinski definition) is 4. The summed E-state index contributed by atoms with van der Waals surface area (Å²) in [6.07, 6.45) is -9.45. The molecule has 3 aliphatic rings. The minimum absolute atomic E-state index is 0.00652. The first kappa shape index (κ1) is 50.9. The molecule has 0 amide bonds. The summed E-state index contributed by atoms with van der Waals surface area (Å²) in [6.45, 7) is 17.3. The molecule has 0 aromatic heterocycles. The van der Waals surface area contributed by atoms with Crippen LogP contribution < -0.4 is 5.32 Å². The van der Waals surface area contributed by atoms with Gasteiger partial charge >= 0.3 is 12.1 Å². The van der Waals surface area contributed by atoms with Crippen molar-refractivity contribution in [3.63, 3.8) is 0 Å².